The van der Waals surface area contributed by atoms with Crippen molar-refractivity contribution in [3.63, 3.8) is 0 Å². The van der Waals surface area contributed by atoms with E-state index >= 15 is 0 Å². The number of benzene rings is 2. The predicted molar refractivity (Wildman–Crippen MR) is 89.7 cm³/mol. The molecule has 1 saturated heterocycles. The summed E-state index contributed by atoms with van der Waals surface area (Å²) in [5.41, 5.74) is 2.77. The molecule has 0 spiro atoms. The summed E-state index contributed by atoms with van der Waals surface area (Å²) < 4.78 is 11.8. The van der Waals surface area contributed by atoms with Crippen LogP contribution >= 0.6 is 0 Å². The van der Waals surface area contributed by atoms with Crippen LogP contribution in [-0.2, 0) is 10.3 Å². The number of H-pyrrole nitrogens is 1. The maximum Gasteiger partial charge on any atom is 0.226 e. The van der Waals surface area contributed by atoms with Crippen LogP contribution in [0.4, 0.5) is 0 Å². The van der Waals surface area contributed by atoms with Gasteiger partial charge in [-0.1, -0.05) is 24.3 Å². The van der Waals surface area contributed by atoms with Gasteiger partial charge in [-0.05, 0) is 24.3 Å². The molecule has 2 aromatic carbocycles. The molecular weight excluding hydrogens is 304 g/mol. The average Bonchev–Trinajstić information content (AvgIpc) is 3.26. The van der Waals surface area contributed by atoms with Crippen molar-refractivity contribution in [3.05, 3.63) is 60.2 Å². The number of oxazole rings is 1. The molecule has 1 aliphatic rings. The Balaban J connectivity index is 1.72. The number of fused-ring (bicyclic) bond motifs is 2. The van der Waals surface area contributed by atoms with Crippen LogP contribution in [-0.4, -0.2) is 34.7 Å². The molecule has 3 heterocycles. The van der Waals surface area contributed by atoms with E-state index in [1.54, 1.807) is 0 Å². The van der Waals surface area contributed by atoms with Crippen molar-refractivity contribution < 1.29 is 9.15 Å². The van der Waals surface area contributed by atoms with Crippen LogP contribution in [0.1, 0.15) is 11.7 Å². The van der Waals surface area contributed by atoms with Crippen LogP contribution in [0.25, 0.3) is 22.1 Å². The van der Waals surface area contributed by atoms with Gasteiger partial charge in [-0.2, -0.15) is 0 Å². The van der Waals surface area contributed by atoms with E-state index in [0.717, 1.165) is 28.0 Å². The third-order valence-corrected chi connectivity index (χ3v) is 4.44. The van der Waals surface area contributed by atoms with Crippen molar-refractivity contribution in [2.24, 2.45) is 0 Å². The fourth-order valence-corrected chi connectivity index (χ4v) is 3.21. The second kappa shape index (κ2) is 5.15. The van der Waals surface area contributed by atoms with Gasteiger partial charge in [-0.3, -0.25) is 5.32 Å². The van der Waals surface area contributed by atoms with Crippen LogP contribution in [0.15, 0.2) is 52.9 Å². The summed E-state index contributed by atoms with van der Waals surface area (Å²) in [4.78, 5) is 12.8. The number of imidazole rings is 1. The smallest absolute Gasteiger partial charge is 0.226 e. The zero-order valence-electron chi connectivity index (χ0n) is 13.0. The molecule has 2 N–H and O–H groups in total. The highest BCUT2D eigenvalue weighted by Crippen LogP contribution is 2.32. The number of aromatic amines is 1. The van der Waals surface area contributed by atoms with E-state index in [0.29, 0.717) is 25.6 Å². The molecule has 1 atom stereocenters. The van der Waals surface area contributed by atoms with Gasteiger partial charge in [0, 0.05) is 6.54 Å². The summed E-state index contributed by atoms with van der Waals surface area (Å²) in [5.74, 6) is 1.33. The summed E-state index contributed by atoms with van der Waals surface area (Å²) in [5, 5.41) is 3.51. The minimum absolute atomic E-state index is 0.416. The summed E-state index contributed by atoms with van der Waals surface area (Å²) in [7, 11) is 0. The highest BCUT2D eigenvalue weighted by atomic mass is 16.5. The van der Waals surface area contributed by atoms with Crippen molar-refractivity contribution in [2.45, 2.75) is 5.54 Å². The molecule has 1 fully saturated rings. The average molecular weight is 320 g/mol. The van der Waals surface area contributed by atoms with Gasteiger partial charge in [0.1, 0.15) is 11.3 Å². The molecule has 1 unspecified atom stereocenters. The maximum absolute atomic E-state index is 6.05. The van der Waals surface area contributed by atoms with E-state index in [1.165, 1.54) is 0 Å². The monoisotopic (exact) mass is 320 g/mol. The van der Waals surface area contributed by atoms with Crippen molar-refractivity contribution in [1.29, 1.82) is 0 Å². The standard InChI is InChI=1S/C18H16N4O2/c1-2-6-13-12(5-1)20-16(21-13)18(11-23-10-9-19-18)17-22-14-7-3-4-8-15(14)24-17/h1-8,19H,9-11H2,(H,20,21). The maximum atomic E-state index is 6.05. The molecule has 1 aliphatic heterocycles. The minimum atomic E-state index is -0.712. The normalized spacial score (nSPS) is 21.5. The molecule has 6 heteroatoms. The van der Waals surface area contributed by atoms with Crippen LogP contribution < -0.4 is 5.32 Å². The van der Waals surface area contributed by atoms with Crippen molar-refractivity contribution >= 4 is 22.1 Å². The number of morpholine rings is 1. The summed E-state index contributed by atoms with van der Waals surface area (Å²) >= 11 is 0. The van der Waals surface area contributed by atoms with Gasteiger partial charge in [0.15, 0.2) is 11.1 Å². The van der Waals surface area contributed by atoms with Gasteiger partial charge in [0.05, 0.1) is 24.2 Å². The Kier molecular flexibility index (Phi) is 2.95. The first kappa shape index (κ1) is 13.7. The molecule has 24 heavy (non-hydrogen) atoms. The van der Waals surface area contributed by atoms with Crippen LogP contribution in [0.5, 0.6) is 0 Å². The molecule has 0 aliphatic carbocycles. The Morgan fingerprint density at radius 3 is 2.58 bits per heavy atom. The van der Waals surface area contributed by atoms with E-state index in [9.17, 15) is 0 Å². The zero-order valence-corrected chi connectivity index (χ0v) is 13.0. The van der Waals surface area contributed by atoms with E-state index < -0.39 is 5.54 Å². The molecule has 0 bridgehead atoms. The number of para-hydroxylation sites is 4. The number of hydrogen-bond acceptors (Lipinski definition) is 5. The first-order valence-corrected chi connectivity index (χ1v) is 7.99. The van der Waals surface area contributed by atoms with Crippen molar-refractivity contribution in [2.75, 3.05) is 19.8 Å². The molecule has 6 nitrogen and oxygen atoms in total. The van der Waals surface area contributed by atoms with E-state index in [2.05, 4.69) is 15.3 Å². The lowest BCUT2D eigenvalue weighted by molar-refractivity contribution is 0.0293. The van der Waals surface area contributed by atoms with Crippen molar-refractivity contribution in [3.8, 4) is 0 Å². The molecule has 2 aromatic heterocycles. The topological polar surface area (TPSA) is 76.0 Å². The molecule has 4 aromatic rings. The highest BCUT2D eigenvalue weighted by molar-refractivity contribution is 5.75. The first-order valence-electron chi connectivity index (χ1n) is 7.99. The molecule has 5 rings (SSSR count). The Hall–Kier alpha value is -2.70. The highest BCUT2D eigenvalue weighted by Gasteiger charge is 2.44. The second-order valence-corrected chi connectivity index (χ2v) is 5.97. The number of ether oxygens (including phenoxy) is 1. The molecule has 0 radical (unpaired) electrons. The largest absolute Gasteiger partial charge is 0.438 e. The van der Waals surface area contributed by atoms with Gasteiger partial charge in [0.2, 0.25) is 5.89 Å². The summed E-state index contributed by atoms with van der Waals surface area (Å²) in [6, 6.07) is 15.7. The number of aromatic nitrogens is 3. The third-order valence-electron chi connectivity index (χ3n) is 4.44. The first-order chi connectivity index (χ1) is 11.9. The lowest BCUT2D eigenvalue weighted by atomic mass is 9.98. The Labute approximate surface area is 137 Å². The molecule has 0 amide bonds. The lowest BCUT2D eigenvalue weighted by Crippen LogP contribution is -2.53. The number of rotatable bonds is 2. The zero-order chi connectivity index (χ0) is 16.0. The van der Waals surface area contributed by atoms with Crippen LogP contribution in [0.2, 0.25) is 0 Å². The Morgan fingerprint density at radius 2 is 1.79 bits per heavy atom. The van der Waals surface area contributed by atoms with Gasteiger partial charge in [-0.25, -0.2) is 9.97 Å². The molecular formula is C18H16N4O2. The van der Waals surface area contributed by atoms with E-state index in [-0.39, 0.29) is 0 Å². The third kappa shape index (κ3) is 1.97. The fourth-order valence-electron chi connectivity index (χ4n) is 3.21. The van der Waals surface area contributed by atoms with E-state index in [1.807, 2.05) is 48.5 Å². The number of hydrogen-bond donors (Lipinski definition) is 2. The predicted octanol–water partition coefficient (Wildman–Crippen LogP) is 2.57. The van der Waals surface area contributed by atoms with Crippen molar-refractivity contribution in [1.82, 2.24) is 20.3 Å². The molecule has 120 valence electrons. The Bertz CT molecular complexity index is 872. The second-order valence-electron chi connectivity index (χ2n) is 5.97. The summed E-state index contributed by atoms with van der Waals surface area (Å²) in [6.07, 6.45) is 0. The van der Waals surface area contributed by atoms with Gasteiger partial charge >= 0.3 is 0 Å². The van der Waals surface area contributed by atoms with Crippen LogP contribution in [0, 0.1) is 0 Å². The van der Waals surface area contributed by atoms with E-state index in [4.69, 9.17) is 14.1 Å². The SMILES string of the molecule is c1ccc2[nH]c(C3(c4nc5ccccc5o4)COCCN3)nc2c1. The van der Waals surface area contributed by atoms with Crippen LogP contribution in [0.3, 0.4) is 0 Å². The number of nitrogens with one attached hydrogen (secondary N) is 2. The van der Waals surface area contributed by atoms with Gasteiger partial charge < -0.3 is 14.1 Å². The fraction of sp³-hybridized carbons (Fsp3) is 0.222. The quantitative estimate of drug-likeness (QED) is 0.594. The molecule has 0 saturated carbocycles. The van der Waals surface area contributed by atoms with Gasteiger partial charge in [-0.15, -0.1) is 0 Å². The Morgan fingerprint density at radius 1 is 0.958 bits per heavy atom. The minimum Gasteiger partial charge on any atom is -0.438 e. The van der Waals surface area contributed by atoms with Gasteiger partial charge in [0.25, 0.3) is 0 Å². The lowest BCUT2D eigenvalue weighted by Gasteiger charge is -2.33. The number of nitrogens with zero attached hydrogens (tertiary/aromatic N) is 2. The summed E-state index contributed by atoms with van der Waals surface area (Å²) in [6.45, 7) is 1.78.